The molecule has 0 heterocycles. The maximum Gasteiger partial charge on any atom is 0.240 e. The molecule has 0 aliphatic carbocycles. The Hall–Kier alpha value is -1.60. The van der Waals surface area contributed by atoms with Crippen LogP contribution in [0.1, 0.15) is 31.7 Å². The number of hydrogen-bond donors (Lipinski definition) is 2. The molecule has 8 heteroatoms. The van der Waals surface area contributed by atoms with Gasteiger partial charge in [-0.25, -0.2) is 13.1 Å². The van der Waals surface area contributed by atoms with Gasteiger partial charge in [0.25, 0.3) is 0 Å². The minimum absolute atomic E-state index is 0.0850. The van der Waals surface area contributed by atoms with E-state index in [1.807, 2.05) is 13.8 Å². The molecule has 28 heavy (non-hydrogen) atoms. The predicted molar refractivity (Wildman–Crippen MR) is 113 cm³/mol. The van der Waals surface area contributed by atoms with Gasteiger partial charge in [-0.05, 0) is 47.9 Å². The molecular weight excluding hydrogens is 419 g/mol. The average molecular weight is 443 g/mol. The van der Waals surface area contributed by atoms with Crippen molar-refractivity contribution in [2.75, 3.05) is 13.1 Å². The van der Waals surface area contributed by atoms with Gasteiger partial charge in [0.2, 0.25) is 15.9 Å². The van der Waals surface area contributed by atoms with Crippen LogP contribution in [0.4, 0.5) is 0 Å². The zero-order valence-corrected chi connectivity index (χ0v) is 18.1. The quantitative estimate of drug-likeness (QED) is 0.610. The second-order valence-electron chi connectivity index (χ2n) is 6.96. The highest BCUT2D eigenvalue weighted by Crippen LogP contribution is 2.22. The summed E-state index contributed by atoms with van der Waals surface area (Å²) in [6, 6.07) is 13.0. The van der Waals surface area contributed by atoms with Crippen LogP contribution in [0.15, 0.2) is 53.4 Å². The lowest BCUT2D eigenvalue weighted by Crippen LogP contribution is -2.33. The average Bonchev–Trinajstić information content (AvgIpc) is 2.64. The SMILES string of the molecule is CC(C)CNC(=O)C[C@@H](CNS(=O)(=O)c1ccc(Cl)cc1)c1ccc(Cl)cc1. The van der Waals surface area contributed by atoms with Crippen LogP contribution >= 0.6 is 23.2 Å². The molecule has 0 aliphatic rings. The van der Waals surface area contributed by atoms with Crippen LogP contribution in [0.25, 0.3) is 0 Å². The fourth-order valence-corrected chi connectivity index (χ4v) is 3.90. The highest BCUT2D eigenvalue weighted by atomic mass is 35.5. The molecule has 152 valence electrons. The Morgan fingerprint density at radius 1 is 0.929 bits per heavy atom. The highest BCUT2D eigenvalue weighted by Gasteiger charge is 2.21. The van der Waals surface area contributed by atoms with Crippen LogP contribution in [-0.4, -0.2) is 27.4 Å². The number of rotatable bonds is 9. The number of halogens is 2. The van der Waals surface area contributed by atoms with Crippen molar-refractivity contribution in [3.63, 3.8) is 0 Å². The lowest BCUT2D eigenvalue weighted by molar-refractivity contribution is -0.121. The molecule has 2 N–H and O–H groups in total. The summed E-state index contributed by atoms with van der Waals surface area (Å²) < 4.78 is 27.7. The molecule has 1 atom stereocenters. The van der Waals surface area contributed by atoms with Crippen molar-refractivity contribution in [2.24, 2.45) is 5.92 Å². The lowest BCUT2D eigenvalue weighted by Gasteiger charge is -2.19. The predicted octanol–water partition coefficient (Wildman–Crippen LogP) is 4.22. The van der Waals surface area contributed by atoms with Crippen molar-refractivity contribution in [1.82, 2.24) is 10.0 Å². The van der Waals surface area contributed by atoms with Gasteiger partial charge in [-0.2, -0.15) is 0 Å². The van der Waals surface area contributed by atoms with Gasteiger partial charge in [-0.15, -0.1) is 0 Å². The van der Waals surface area contributed by atoms with E-state index < -0.39 is 10.0 Å². The molecule has 2 rings (SSSR count). The Morgan fingerprint density at radius 3 is 2.00 bits per heavy atom. The summed E-state index contributed by atoms with van der Waals surface area (Å²) in [6.45, 7) is 4.68. The number of hydrogen-bond acceptors (Lipinski definition) is 3. The normalized spacial score (nSPS) is 12.8. The fourth-order valence-electron chi connectivity index (χ4n) is 2.56. The number of benzene rings is 2. The first-order valence-electron chi connectivity index (χ1n) is 8.95. The van der Waals surface area contributed by atoms with Crippen LogP contribution in [0, 0.1) is 5.92 Å². The second kappa shape index (κ2) is 10.3. The van der Waals surface area contributed by atoms with Gasteiger partial charge in [0.05, 0.1) is 4.90 Å². The van der Waals surface area contributed by atoms with Crippen molar-refractivity contribution >= 4 is 39.1 Å². The minimum atomic E-state index is -3.72. The largest absolute Gasteiger partial charge is 0.356 e. The van der Waals surface area contributed by atoms with Gasteiger partial charge in [0.1, 0.15) is 0 Å². The van der Waals surface area contributed by atoms with Crippen LogP contribution < -0.4 is 10.0 Å². The molecule has 0 fully saturated rings. The van der Waals surface area contributed by atoms with Gasteiger partial charge in [-0.3, -0.25) is 4.79 Å². The number of carbonyl (C=O) groups excluding carboxylic acids is 1. The van der Waals surface area contributed by atoms with Gasteiger partial charge < -0.3 is 5.32 Å². The Bertz CT molecular complexity index is 883. The van der Waals surface area contributed by atoms with Gasteiger partial charge >= 0.3 is 0 Å². The van der Waals surface area contributed by atoms with Crippen LogP contribution in [0.3, 0.4) is 0 Å². The van der Waals surface area contributed by atoms with Crippen molar-refractivity contribution in [3.8, 4) is 0 Å². The van der Waals surface area contributed by atoms with Gasteiger partial charge in [-0.1, -0.05) is 49.2 Å². The van der Waals surface area contributed by atoms with E-state index in [1.54, 1.807) is 24.3 Å². The Balaban J connectivity index is 2.13. The highest BCUT2D eigenvalue weighted by molar-refractivity contribution is 7.89. The Kier molecular flexibility index (Phi) is 8.31. The third-order valence-electron chi connectivity index (χ3n) is 4.12. The van der Waals surface area contributed by atoms with E-state index >= 15 is 0 Å². The Morgan fingerprint density at radius 2 is 1.46 bits per heavy atom. The molecule has 2 aromatic carbocycles. The van der Waals surface area contributed by atoms with Crippen LogP contribution in [0.5, 0.6) is 0 Å². The van der Waals surface area contributed by atoms with E-state index in [9.17, 15) is 13.2 Å². The van der Waals surface area contributed by atoms with E-state index in [-0.39, 0.29) is 29.7 Å². The van der Waals surface area contributed by atoms with Crippen molar-refractivity contribution in [3.05, 3.63) is 64.1 Å². The third kappa shape index (κ3) is 7.09. The second-order valence-corrected chi connectivity index (χ2v) is 9.60. The first-order valence-corrected chi connectivity index (χ1v) is 11.2. The third-order valence-corrected chi connectivity index (χ3v) is 6.07. The lowest BCUT2D eigenvalue weighted by atomic mass is 9.95. The van der Waals surface area contributed by atoms with E-state index in [0.29, 0.717) is 22.5 Å². The molecule has 0 saturated heterocycles. The molecule has 0 spiro atoms. The summed E-state index contributed by atoms with van der Waals surface area (Å²) in [6.07, 6.45) is 0.164. The minimum Gasteiger partial charge on any atom is -0.356 e. The zero-order chi connectivity index (χ0) is 20.7. The van der Waals surface area contributed by atoms with E-state index in [4.69, 9.17) is 23.2 Å². The summed E-state index contributed by atoms with van der Waals surface area (Å²) in [5.74, 6) is -0.118. The first kappa shape index (κ1) is 22.7. The van der Waals surface area contributed by atoms with Crippen molar-refractivity contribution in [1.29, 1.82) is 0 Å². The molecule has 0 aromatic heterocycles. The molecule has 1 amide bonds. The molecule has 0 saturated carbocycles. The van der Waals surface area contributed by atoms with Crippen LogP contribution in [-0.2, 0) is 14.8 Å². The molecular formula is C20H24Cl2N2O3S. The molecule has 0 aliphatic heterocycles. The monoisotopic (exact) mass is 442 g/mol. The van der Waals surface area contributed by atoms with Gasteiger partial charge in [0, 0.05) is 35.5 Å². The number of amides is 1. The van der Waals surface area contributed by atoms with Crippen molar-refractivity contribution in [2.45, 2.75) is 31.1 Å². The molecule has 0 radical (unpaired) electrons. The van der Waals surface area contributed by atoms with Crippen LogP contribution in [0.2, 0.25) is 10.0 Å². The topological polar surface area (TPSA) is 75.3 Å². The van der Waals surface area contributed by atoms with E-state index in [0.717, 1.165) is 5.56 Å². The standard InChI is InChI=1S/C20H24Cl2N2O3S/c1-14(2)12-23-20(25)11-16(15-3-5-17(21)6-4-15)13-24-28(26,27)19-9-7-18(22)8-10-19/h3-10,14,16,24H,11-13H2,1-2H3,(H,23,25)/t16-/m0/s1. The molecule has 0 bridgehead atoms. The summed E-state index contributed by atoms with van der Waals surface area (Å²) in [7, 11) is -3.72. The summed E-state index contributed by atoms with van der Waals surface area (Å²) in [4.78, 5) is 12.4. The molecule has 0 unspecified atom stereocenters. The van der Waals surface area contributed by atoms with Gasteiger partial charge in [0.15, 0.2) is 0 Å². The fraction of sp³-hybridized carbons (Fsp3) is 0.350. The van der Waals surface area contributed by atoms with E-state index in [2.05, 4.69) is 10.0 Å². The van der Waals surface area contributed by atoms with Crippen molar-refractivity contribution < 1.29 is 13.2 Å². The zero-order valence-electron chi connectivity index (χ0n) is 15.8. The maximum atomic E-state index is 12.6. The summed E-state index contributed by atoms with van der Waals surface area (Å²) >= 11 is 11.8. The number of sulfonamides is 1. The smallest absolute Gasteiger partial charge is 0.240 e. The first-order chi connectivity index (χ1) is 13.2. The number of nitrogens with one attached hydrogen (secondary N) is 2. The molecule has 2 aromatic rings. The summed E-state index contributed by atoms with van der Waals surface area (Å²) in [5.41, 5.74) is 0.836. The molecule has 5 nitrogen and oxygen atoms in total. The number of carbonyl (C=O) groups is 1. The Labute approximate surface area is 176 Å². The van der Waals surface area contributed by atoms with E-state index in [1.165, 1.54) is 24.3 Å². The maximum absolute atomic E-state index is 12.6. The summed E-state index contributed by atoms with van der Waals surface area (Å²) in [5, 5.41) is 3.91.